The van der Waals surface area contributed by atoms with Gasteiger partial charge in [-0.1, -0.05) is 19.3 Å². The molecule has 1 heterocycles. The molecule has 7 heteroatoms. The zero-order chi connectivity index (χ0) is 19.3. The molecule has 27 heavy (non-hydrogen) atoms. The van der Waals surface area contributed by atoms with Crippen LogP contribution in [0.3, 0.4) is 0 Å². The van der Waals surface area contributed by atoms with Crippen molar-refractivity contribution in [1.29, 1.82) is 0 Å². The summed E-state index contributed by atoms with van der Waals surface area (Å²) < 4.78 is 0. The number of rotatable bonds is 4. The Balaban J connectivity index is 1.48. The molecule has 7 nitrogen and oxygen atoms in total. The van der Waals surface area contributed by atoms with Crippen LogP contribution < -0.4 is 21.7 Å². The Morgan fingerprint density at radius 2 is 1.56 bits per heavy atom. The molecule has 1 aliphatic heterocycles. The Hall–Kier alpha value is -2.12. The lowest BCUT2D eigenvalue weighted by Gasteiger charge is -2.31. The van der Waals surface area contributed by atoms with Gasteiger partial charge in [0.05, 0.1) is 5.54 Å². The highest BCUT2D eigenvalue weighted by atomic mass is 16.2. The van der Waals surface area contributed by atoms with Crippen molar-refractivity contribution in [3.05, 3.63) is 24.3 Å². The molecule has 0 aromatic heterocycles. The van der Waals surface area contributed by atoms with Gasteiger partial charge >= 0.3 is 6.03 Å². The number of amides is 3. The van der Waals surface area contributed by atoms with E-state index in [-0.39, 0.29) is 18.0 Å². The molecule has 0 atom stereocenters. The smallest absolute Gasteiger partial charge is 0.319 e. The molecule has 1 aliphatic carbocycles. The number of hydrogen-bond acceptors (Lipinski definition) is 4. The van der Waals surface area contributed by atoms with E-state index in [4.69, 9.17) is 5.73 Å². The molecule has 5 N–H and O–H groups in total. The first-order valence-corrected chi connectivity index (χ1v) is 9.91. The molecule has 1 aromatic carbocycles. The van der Waals surface area contributed by atoms with Crippen molar-refractivity contribution in [2.75, 3.05) is 30.8 Å². The molecule has 3 amide bonds. The normalized spacial score (nSPS) is 20.7. The maximum absolute atomic E-state index is 12.5. The maximum atomic E-state index is 12.5. The average molecular weight is 374 g/mol. The molecule has 1 saturated heterocycles. The molecule has 148 valence electrons. The highest BCUT2D eigenvalue weighted by Gasteiger charge is 2.35. The number of likely N-dealkylation sites (tertiary alicyclic amines) is 1. The van der Waals surface area contributed by atoms with Gasteiger partial charge < -0.3 is 26.6 Å². The first kappa shape index (κ1) is 19.6. The van der Waals surface area contributed by atoms with Crippen LogP contribution in [0.4, 0.5) is 16.2 Å². The third kappa shape index (κ3) is 5.43. The summed E-state index contributed by atoms with van der Waals surface area (Å²) in [5.74, 6) is -0.122. The van der Waals surface area contributed by atoms with Crippen LogP contribution in [0.15, 0.2) is 24.3 Å². The molecule has 2 aliphatic rings. The number of hydrogen-bond donors (Lipinski definition) is 4. The maximum Gasteiger partial charge on any atom is 0.319 e. The zero-order valence-corrected chi connectivity index (χ0v) is 16.1. The lowest BCUT2D eigenvalue weighted by atomic mass is 9.82. The summed E-state index contributed by atoms with van der Waals surface area (Å²) in [5, 5.41) is 8.78. The highest BCUT2D eigenvalue weighted by Crippen LogP contribution is 2.27. The van der Waals surface area contributed by atoms with E-state index in [1.807, 2.05) is 0 Å². The molecule has 3 rings (SSSR count). The van der Waals surface area contributed by atoms with Gasteiger partial charge in [0.1, 0.15) is 0 Å². The van der Waals surface area contributed by atoms with Crippen LogP contribution in [0.5, 0.6) is 0 Å². The Morgan fingerprint density at radius 3 is 2.15 bits per heavy atom. The number of nitrogens with two attached hydrogens (primary N) is 1. The first-order chi connectivity index (χ1) is 12.9. The third-order valence-corrected chi connectivity index (χ3v) is 5.65. The van der Waals surface area contributed by atoms with E-state index in [1.165, 1.54) is 0 Å². The first-order valence-electron chi connectivity index (χ1n) is 9.91. The second-order valence-corrected chi connectivity index (χ2v) is 7.92. The Kier molecular flexibility index (Phi) is 6.34. The van der Waals surface area contributed by atoms with Gasteiger partial charge in [0.15, 0.2) is 0 Å². The number of urea groups is 1. The van der Waals surface area contributed by atoms with Gasteiger partial charge in [-0.3, -0.25) is 4.79 Å². The van der Waals surface area contributed by atoms with Crippen molar-refractivity contribution in [3.8, 4) is 0 Å². The molecule has 1 saturated carbocycles. The molecule has 0 radical (unpaired) electrons. The van der Waals surface area contributed by atoms with E-state index in [0.717, 1.165) is 58.0 Å². The average Bonchev–Trinajstić information content (AvgIpc) is 2.66. The van der Waals surface area contributed by atoms with E-state index in [1.54, 1.807) is 24.3 Å². The predicted molar refractivity (Wildman–Crippen MR) is 108 cm³/mol. The van der Waals surface area contributed by atoms with Gasteiger partial charge in [-0.25, -0.2) is 4.79 Å². The van der Waals surface area contributed by atoms with Gasteiger partial charge in [-0.05, 0) is 70.1 Å². The second kappa shape index (κ2) is 8.71. The van der Waals surface area contributed by atoms with E-state index >= 15 is 0 Å². The molecular weight excluding hydrogens is 342 g/mol. The van der Waals surface area contributed by atoms with Gasteiger partial charge in [-0.15, -0.1) is 0 Å². The number of nitrogens with zero attached hydrogens (tertiary/aromatic N) is 1. The number of anilines is 2. The number of piperidine rings is 1. The van der Waals surface area contributed by atoms with Crippen LogP contribution in [0, 0.1) is 0 Å². The molecule has 0 unspecified atom stereocenters. The highest BCUT2D eigenvalue weighted by molar-refractivity contribution is 5.98. The molecule has 1 aromatic rings. The monoisotopic (exact) mass is 373 g/mol. The van der Waals surface area contributed by atoms with Crippen molar-refractivity contribution in [3.63, 3.8) is 0 Å². The Morgan fingerprint density at radius 1 is 1.00 bits per heavy atom. The summed E-state index contributed by atoms with van der Waals surface area (Å²) in [4.78, 5) is 26.9. The summed E-state index contributed by atoms with van der Waals surface area (Å²) in [6, 6.07) is 7.17. The summed E-state index contributed by atoms with van der Waals surface area (Å²) in [5.41, 5.74) is 6.89. The minimum atomic E-state index is -0.761. The fraction of sp³-hybridized carbons (Fsp3) is 0.600. The van der Waals surface area contributed by atoms with Crippen LogP contribution >= 0.6 is 0 Å². The lowest BCUT2D eigenvalue weighted by molar-refractivity contribution is -0.122. The SMILES string of the molecule is CN1CCC(NC(=O)Nc2ccc(NC(=O)C3(N)CCCCC3)cc2)CC1. The van der Waals surface area contributed by atoms with Gasteiger partial charge in [0, 0.05) is 17.4 Å². The molecule has 2 fully saturated rings. The lowest BCUT2D eigenvalue weighted by Crippen LogP contribution is -2.52. The van der Waals surface area contributed by atoms with Gasteiger partial charge in [0.2, 0.25) is 5.91 Å². The van der Waals surface area contributed by atoms with Crippen molar-refractivity contribution in [2.45, 2.75) is 56.5 Å². The van der Waals surface area contributed by atoms with E-state index in [0.29, 0.717) is 11.4 Å². The Bertz CT molecular complexity index is 647. The zero-order valence-electron chi connectivity index (χ0n) is 16.1. The third-order valence-electron chi connectivity index (χ3n) is 5.65. The standard InChI is InChI=1S/C20H31N5O2/c1-25-13-9-17(10-14-25)24-19(27)23-16-7-5-15(6-8-16)22-18(26)20(21)11-3-2-4-12-20/h5-8,17H,2-4,9-14,21H2,1H3,(H,22,26)(H2,23,24,27). The van der Waals surface area contributed by atoms with Crippen LogP contribution in [0.2, 0.25) is 0 Å². The fourth-order valence-electron chi connectivity index (χ4n) is 3.81. The summed E-state index contributed by atoms with van der Waals surface area (Å²) in [6.45, 7) is 2.00. The van der Waals surface area contributed by atoms with Gasteiger partial charge in [0.25, 0.3) is 0 Å². The van der Waals surface area contributed by atoms with Crippen LogP contribution in [-0.4, -0.2) is 48.6 Å². The minimum absolute atomic E-state index is 0.122. The Labute approximate surface area is 161 Å². The van der Waals surface area contributed by atoms with Crippen molar-refractivity contribution >= 4 is 23.3 Å². The van der Waals surface area contributed by atoms with Crippen LogP contribution in [0.1, 0.15) is 44.9 Å². The second-order valence-electron chi connectivity index (χ2n) is 7.92. The predicted octanol–water partition coefficient (Wildman–Crippen LogP) is 2.50. The molecule has 0 spiro atoms. The topological polar surface area (TPSA) is 99.5 Å². The molecular formula is C20H31N5O2. The summed E-state index contributed by atoms with van der Waals surface area (Å²) in [7, 11) is 2.09. The van der Waals surface area contributed by atoms with Crippen molar-refractivity contribution in [2.24, 2.45) is 5.73 Å². The quantitative estimate of drug-likeness (QED) is 0.651. The van der Waals surface area contributed by atoms with E-state index < -0.39 is 5.54 Å². The number of carbonyl (C=O) groups is 2. The number of carbonyl (C=O) groups excluding carboxylic acids is 2. The van der Waals surface area contributed by atoms with Gasteiger partial charge in [-0.2, -0.15) is 0 Å². The number of nitrogens with one attached hydrogen (secondary N) is 3. The summed E-state index contributed by atoms with van der Waals surface area (Å²) in [6.07, 6.45) is 6.54. The van der Waals surface area contributed by atoms with Crippen molar-refractivity contribution in [1.82, 2.24) is 10.2 Å². The van der Waals surface area contributed by atoms with E-state index in [9.17, 15) is 9.59 Å². The number of benzene rings is 1. The summed E-state index contributed by atoms with van der Waals surface area (Å²) >= 11 is 0. The fourth-order valence-corrected chi connectivity index (χ4v) is 3.81. The van der Waals surface area contributed by atoms with E-state index in [2.05, 4.69) is 27.9 Å². The van der Waals surface area contributed by atoms with Crippen molar-refractivity contribution < 1.29 is 9.59 Å². The molecule has 0 bridgehead atoms. The van der Waals surface area contributed by atoms with Crippen LogP contribution in [-0.2, 0) is 4.79 Å². The largest absolute Gasteiger partial charge is 0.335 e. The van der Waals surface area contributed by atoms with Crippen LogP contribution in [0.25, 0.3) is 0 Å². The minimum Gasteiger partial charge on any atom is -0.335 e.